The number of amides is 1. The molecule has 0 radical (unpaired) electrons. The van der Waals surface area contributed by atoms with Crippen LogP contribution in [0.5, 0.6) is 0 Å². The van der Waals surface area contributed by atoms with Crippen molar-refractivity contribution in [3.8, 4) is 0 Å². The Bertz CT molecular complexity index is 536. The summed E-state index contributed by atoms with van der Waals surface area (Å²) in [4.78, 5) is 34.9. The molecule has 120 valence electrons. The summed E-state index contributed by atoms with van der Waals surface area (Å²) in [5.74, 6) is -1.56. The van der Waals surface area contributed by atoms with Crippen LogP contribution in [-0.4, -0.2) is 37.6 Å². The highest BCUT2D eigenvalue weighted by atomic mass is 16.5. The smallest absolute Gasteiger partial charge is 0.337 e. The standard InChI is InChI=1S/C16H21NO5/c1-10(2)22-15(19)11(3)9-17-14(18)12-5-7-13(8-6-12)16(20)21-4/h5-8,10-11H,9H2,1-4H3,(H,17,18). The first-order valence-corrected chi connectivity index (χ1v) is 7.02. The number of carbonyl (C=O) groups is 3. The second-order valence-corrected chi connectivity index (χ2v) is 5.17. The monoisotopic (exact) mass is 307 g/mol. The Morgan fingerprint density at radius 3 is 2.09 bits per heavy atom. The molecule has 0 fully saturated rings. The van der Waals surface area contributed by atoms with Crippen molar-refractivity contribution in [1.29, 1.82) is 0 Å². The molecule has 0 saturated carbocycles. The van der Waals surface area contributed by atoms with E-state index >= 15 is 0 Å². The summed E-state index contributed by atoms with van der Waals surface area (Å²) >= 11 is 0. The summed E-state index contributed by atoms with van der Waals surface area (Å²) in [5, 5.41) is 2.66. The zero-order valence-electron chi connectivity index (χ0n) is 13.2. The van der Waals surface area contributed by atoms with Gasteiger partial charge in [-0.25, -0.2) is 4.79 Å². The molecule has 0 bridgehead atoms. The van der Waals surface area contributed by atoms with Crippen LogP contribution in [-0.2, 0) is 14.3 Å². The molecule has 1 N–H and O–H groups in total. The fourth-order valence-corrected chi connectivity index (χ4v) is 1.66. The highest BCUT2D eigenvalue weighted by Crippen LogP contribution is 2.06. The average molecular weight is 307 g/mol. The molecule has 0 aliphatic heterocycles. The van der Waals surface area contributed by atoms with Crippen LogP contribution in [0.4, 0.5) is 0 Å². The van der Waals surface area contributed by atoms with E-state index in [1.165, 1.54) is 31.4 Å². The molecule has 6 nitrogen and oxygen atoms in total. The summed E-state index contributed by atoms with van der Waals surface area (Å²) in [6, 6.07) is 6.08. The molecular formula is C16H21NO5. The topological polar surface area (TPSA) is 81.7 Å². The van der Waals surface area contributed by atoms with Gasteiger partial charge >= 0.3 is 11.9 Å². The van der Waals surface area contributed by atoms with Gasteiger partial charge in [0.2, 0.25) is 0 Å². The van der Waals surface area contributed by atoms with Crippen molar-refractivity contribution in [2.45, 2.75) is 26.9 Å². The van der Waals surface area contributed by atoms with Gasteiger partial charge in [0.25, 0.3) is 5.91 Å². The lowest BCUT2D eigenvalue weighted by Gasteiger charge is -2.14. The number of hydrogen-bond donors (Lipinski definition) is 1. The van der Waals surface area contributed by atoms with Gasteiger partial charge in [0, 0.05) is 12.1 Å². The van der Waals surface area contributed by atoms with Crippen molar-refractivity contribution in [1.82, 2.24) is 5.32 Å². The molecule has 0 spiro atoms. The normalized spacial score (nSPS) is 11.7. The molecule has 1 rings (SSSR count). The van der Waals surface area contributed by atoms with E-state index in [4.69, 9.17) is 4.74 Å². The molecule has 1 atom stereocenters. The lowest BCUT2D eigenvalue weighted by molar-refractivity contribution is -0.151. The van der Waals surface area contributed by atoms with Crippen LogP contribution in [0.2, 0.25) is 0 Å². The van der Waals surface area contributed by atoms with Gasteiger partial charge in [-0.1, -0.05) is 6.92 Å². The molecule has 0 heterocycles. The first kappa shape index (κ1) is 17.7. The van der Waals surface area contributed by atoms with Crippen molar-refractivity contribution in [3.05, 3.63) is 35.4 Å². The van der Waals surface area contributed by atoms with Gasteiger partial charge in [0.1, 0.15) is 0 Å². The summed E-state index contributed by atoms with van der Waals surface area (Å²) in [6.07, 6.45) is -0.184. The van der Waals surface area contributed by atoms with E-state index in [2.05, 4.69) is 10.1 Å². The fraction of sp³-hybridized carbons (Fsp3) is 0.438. The second-order valence-electron chi connectivity index (χ2n) is 5.17. The van der Waals surface area contributed by atoms with E-state index < -0.39 is 11.9 Å². The number of ether oxygens (including phenoxy) is 2. The molecular weight excluding hydrogens is 286 g/mol. The molecule has 0 saturated heterocycles. The molecule has 1 aromatic rings. The first-order chi connectivity index (χ1) is 10.3. The predicted octanol–water partition coefficient (Wildman–Crippen LogP) is 1.79. The van der Waals surface area contributed by atoms with Crippen molar-refractivity contribution in [3.63, 3.8) is 0 Å². The molecule has 1 aromatic carbocycles. The van der Waals surface area contributed by atoms with Gasteiger partial charge < -0.3 is 14.8 Å². The molecule has 22 heavy (non-hydrogen) atoms. The van der Waals surface area contributed by atoms with E-state index in [0.717, 1.165) is 0 Å². The summed E-state index contributed by atoms with van der Waals surface area (Å²) in [6.45, 7) is 5.41. The zero-order chi connectivity index (χ0) is 16.7. The van der Waals surface area contributed by atoms with Crippen LogP contribution >= 0.6 is 0 Å². The summed E-state index contributed by atoms with van der Waals surface area (Å²) in [5.41, 5.74) is 0.769. The summed E-state index contributed by atoms with van der Waals surface area (Å²) in [7, 11) is 1.29. The van der Waals surface area contributed by atoms with Crippen molar-refractivity contribution in [2.24, 2.45) is 5.92 Å². The van der Waals surface area contributed by atoms with Gasteiger partial charge in [-0.05, 0) is 38.1 Å². The van der Waals surface area contributed by atoms with Crippen LogP contribution in [0.25, 0.3) is 0 Å². The Hall–Kier alpha value is -2.37. The minimum Gasteiger partial charge on any atom is -0.465 e. The summed E-state index contributed by atoms with van der Waals surface area (Å²) < 4.78 is 9.65. The highest BCUT2D eigenvalue weighted by molar-refractivity contribution is 5.96. The number of hydrogen-bond acceptors (Lipinski definition) is 5. The van der Waals surface area contributed by atoms with Crippen LogP contribution in [0.1, 0.15) is 41.5 Å². The van der Waals surface area contributed by atoms with Crippen LogP contribution in [0.15, 0.2) is 24.3 Å². The lowest BCUT2D eigenvalue weighted by Crippen LogP contribution is -2.33. The second kappa shape index (κ2) is 8.17. The van der Waals surface area contributed by atoms with Crippen molar-refractivity contribution in [2.75, 3.05) is 13.7 Å². The Morgan fingerprint density at radius 1 is 1.05 bits per heavy atom. The highest BCUT2D eigenvalue weighted by Gasteiger charge is 2.17. The van der Waals surface area contributed by atoms with Gasteiger partial charge in [-0.15, -0.1) is 0 Å². The van der Waals surface area contributed by atoms with E-state index in [1.54, 1.807) is 20.8 Å². The molecule has 1 amide bonds. The number of methoxy groups -OCH3 is 1. The Kier molecular flexibility index (Phi) is 6.56. The largest absolute Gasteiger partial charge is 0.465 e. The van der Waals surface area contributed by atoms with Crippen LogP contribution in [0.3, 0.4) is 0 Å². The Morgan fingerprint density at radius 2 is 1.59 bits per heavy atom. The predicted molar refractivity (Wildman–Crippen MR) is 80.5 cm³/mol. The Balaban J connectivity index is 2.55. The minimum atomic E-state index is -0.461. The third-order valence-corrected chi connectivity index (χ3v) is 2.89. The zero-order valence-corrected chi connectivity index (χ0v) is 13.2. The van der Waals surface area contributed by atoms with E-state index in [0.29, 0.717) is 11.1 Å². The van der Waals surface area contributed by atoms with Gasteiger partial charge in [0.05, 0.1) is 24.7 Å². The maximum Gasteiger partial charge on any atom is 0.337 e. The fourth-order valence-electron chi connectivity index (χ4n) is 1.66. The van der Waals surface area contributed by atoms with Crippen LogP contribution < -0.4 is 5.32 Å². The number of carbonyl (C=O) groups excluding carboxylic acids is 3. The first-order valence-electron chi connectivity index (χ1n) is 7.02. The third kappa shape index (κ3) is 5.20. The number of esters is 2. The minimum absolute atomic E-state index is 0.184. The molecule has 0 aliphatic rings. The van der Waals surface area contributed by atoms with Crippen molar-refractivity contribution >= 4 is 17.8 Å². The lowest BCUT2D eigenvalue weighted by atomic mass is 10.1. The third-order valence-electron chi connectivity index (χ3n) is 2.89. The molecule has 1 unspecified atom stereocenters. The van der Waals surface area contributed by atoms with E-state index in [1.807, 2.05) is 0 Å². The van der Waals surface area contributed by atoms with Crippen molar-refractivity contribution < 1.29 is 23.9 Å². The Labute approximate surface area is 129 Å². The van der Waals surface area contributed by atoms with Gasteiger partial charge in [0.15, 0.2) is 0 Å². The maximum absolute atomic E-state index is 12.0. The average Bonchev–Trinajstić information content (AvgIpc) is 2.50. The van der Waals surface area contributed by atoms with E-state index in [-0.39, 0.29) is 24.5 Å². The SMILES string of the molecule is COC(=O)c1ccc(C(=O)NCC(C)C(=O)OC(C)C)cc1. The molecule has 0 aliphatic carbocycles. The maximum atomic E-state index is 12.0. The van der Waals surface area contributed by atoms with Gasteiger partial charge in [-0.2, -0.15) is 0 Å². The van der Waals surface area contributed by atoms with Gasteiger partial charge in [-0.3, -0.25) is 9.59 Å². The number of nitrogens with one attached hydrogen (secondary N) is 1. The molecule has 0 aromatic heterocycles. The van der Waals surface area contributed by atoms with Crippen LogP contribution in [0, 0.1) is 5.92 Å². The quantitative estimate of drug-likeness (QED) is 0.810. The molecule has 6 heteroatoms. The number of benzene rings is 1. The number of rotatable bonds is 6. The van der Waals surface area contributed by atoms with E-state index in [9.17, 15) is 14.4 Å².